The van der Waals surface area contributed by atoms with E-state index in [1.807, 2.05) is 12.1 Å². The molecule has 17 heavy (non-hydrogen) atoms. The molecule has 94 valence electrons. The predicted molar refractivity (Wildman–Crippen MR) is 66.5 cm³/mol. The number of hydrogen-bond acceptors (Lipinski definition) is 3. The van der Waals surface area contributed by atoms with Gasteiger partial charge in [0.05, 0.1) is 6.10 Å². The van der Waals surface area contributed by atoms with E-state index >= 15 is 0 Å². The fourth-order valence-corrected chi connectivity index (χ4v) is 1.49. The number of rotatable bonds is 6. The van der Waals surface area contributed by atoms with Crippen molar-refractivity contribution in [3.63, 3.8) is 0 Å². The summed E-state index contributed by atoms with van der Waals surface area (Å²) >= 11 is 0. The molecule has 1 unspecified atom stereocenters. The van der Waals surface area contributed by atoms with Crippen LogP contribution in [0.2, 0.25) is 0 Å². The van der Waals surface area contributed by atoms with Gasteiger partial charge in [0, 0.05) is 32.4 Å². The van der Waals surface area contributed by atoms with E-state index in [1.54, 1.807) is 31.3 Å². The maximum atomic E-state index is 11.7. The lowest BCUT2D eigenvalue weighted by Gasteiger charge is -2.17. The zero-order valence-corrected chi connectivity index (χ0v) is 10.5. The molecule has 0 radical (unpaired) electrons. The molecule has 1 N–H and O–H groups in total. The van der Waals surface area contributed by atoms with Gasteiger partial charge >= 0.3 is 0 Å². The summed E-state index contributed by atoms with van der Waals surface area (Å²) in [4.78, 5) is 17.3. The highest BCUT2D eigenvalue weighted by molar-refractivity contribution is 5.75. The summed E-state index contributed by atoms with van der Waals surface area (Å²) < 4.78 is 0. The third-order valence-corrected chi connectivity index (χ3v) is 2.69. The normalized spacial score (nSPS) is 12.2. The maximum Gasteiger partial charge on any atom is 0.222 e. The maximum absolute atomic E-state index is 11.7. The van der Waals surface area contributed by atoms with E-state index < -0.39 is 6.10 Å². The molecule has 1 heterocycles. The fraction of sp³-hybridized carbons (Fsp3) is 0.538. The Labute approximate surface area is 102 Å². The Morgan fingerprint density at radius 3 is 2.71 bits per heavy atom. The van der Waals surface area contributed by atoms with Crippen LogP contribution in [0.1, 0.15) is 25.3 Å². The van der Waals surface area contributed by atoms with Gasteiger partial charge in [-0.3, -0.25) is 9.78 Å². The van der Waals surface area contributed by atoms with Crippen molar-refractivity contribution in [2.45, 2.75) is 32.3 Å². The molecule has 0 bridgehead atoms. The Morgan fingerprint density at radius 2 is 2.12 bits per heavy atom. The molecule has 1 aromatic rings. The number of aromatic nitrogens is 1. The molecular weight excluding hydrogens is 216 g/mol. The fourth-order valence-electron chi connectivity index (χ4n) is 1.49. The molecule has 1 aromatic heterocycles. The highest BCUT2D eigenvalue weighted by Crippen LogP contribution is 2.03. The van der Waals surface area contributed by atoms with Crippen molar-refractivity contribution in [2.24, 2.45) is 0 Å². The minimum atomic E-state index is -0.410. The van der Waals surface area contributed by atoms with Crippen molar-refractivity contribution in [1.29, 1.82) is 0 Å². The Hall–Kier alpha value is -1.42. The van der Waals surface area contributed by atoms with Crippen molar-refractivity contribution in [3.8, 4) is 0 Å². The van der Waals surface area contributed by atoms with E-state index in [0.29, 0.717) is 19.4 Å². The van der Waals surface area contributed by atoms with Crippen molar-refractivity contribution < 1.29 is 9.90 Å². The number of likely N-dealkylation sites (N-methyl/N-ethyl adjacent to an activating group) is 1. The summed E-state index contributed by atoms with van der Waals surface area (Å²) in [5.74, 6) is 0.0833. The topological polar surface area (TPSA) is 53.4 Å². The third kappa shape index (κ3) is 5.45. The largest absolute Gasteiger partial charge is 0.393 e. The van der Waals surface area contributed by atoms with Crippen molar-refractivity contribution in [1.82, 2.24) is 9.88 Å². The summed E-state index contributed by atoms with van der Waals surface area (Å²) in [7, 11) is 1.80. The second-order valence-electron chi connectivity index (χ2n) is 4.31. The van der Waals surface area contributed by atoms with E-state index in [9.17, 15) is 4.79 Å². The predicted octanol–water partition coefficient (Wildman–Crippen LogP) is 1.24. The van der Waals surface area contributed by atoms with Gasteiger partial charge in [0.15, 0.2) is 0 Å². The van der Waals surface area contributed by atoms with Gasteiger partial charge in [-0.05, 0) is 37.5 Å². The molecule has 1 atom stereocenters. The summed E-state index contributed by atoms with van der Waals surface area (Å²) in [5, 5.41) is 9.11. The lowest BCUT2D eigenvalue weighted by atomic mass is 10.1. The molecule has 0 aliphatic carbocycles. The average molecular weight is 236 g/mol. The number of aliphatic hydroxyl groups excluding tert-OH is 1. The summed E-state index contributed by atoms with van der Waals surface area (Å²) in [6, 6.07) is 3.90. The lowest BCUT2D eigenvalue weighted by Crippen LogP contribution is -2.29. The number of pyridine rings is 1. The minimum Gasteiger partial charge on any atom is -0.393 e. The zero-order valence-electron chi connectivity index (χ0n) is 10.5. The van der Waals surface area contributed by atoms with E-state index in [4.69, 9.17) is 5.11 Å². The van der Waals surface area contributed by atoms with Crippen LogP contribution in [-0.4, -0.2) is 40.6 Å². The summed E-state index contributed by atoms with van der Waals surface area (Å²) in [6.07, 6.45) is 4.87. The molecule has 0 aliphatic heterocycles. The molecule has 0 aromatic carbocycles. The molecule has 4 heteroatoms. The standard InChI is InChI=1S/C13H20N2O2/c1-11(16)3-4-13(17)15(2)10-7-12-5-8-14-9-6-12/h5-6,8-9,11,16H,3-4,7,10H2,1-2H3. The van der Waals surface area contributed by atoms with Crippen LogP contribution in [-0.2, 0) is 11.2 Å². The number of amides is 1. The number of nitrogens with zero attached hydrogens (tertiary/aromatic N) is 2. The van der Waals surface area contributed by atoms with Gasteiger partial charge in [-0.1, -0.05) is 0 Å². The number of carbonyl (C=O) groups is 1. The molecule has 1 rings (SSSR count). The lowest BCUT2D eigenvalue weighted by molar-refractivity contribution is -0.130. The number of hydrogen-bond donors (Lipinski definition) is 1. The summed E-state index contributed by atoms with van der Waals surface area (Å²) in [6.45, 7) is 2.40. The average Bonchev–Trinajstić information content (AvgIpc) is 2.34. The Bertz CT molecular complexity index is 339. The van der Waals surface area contributed by atoms with Crippen LogP contribution in [0, 0.1) is 0 Å². The van der Waals surface area contributed by atoms with Gasteiger partial charge in [-0.2, -0.15) is 0 Å². The Kier molecular flexibility index (Phi) is 5.63. The smallest absolute Gasteiger partial charge is 0.222 e. The van der Waals surface area contributed by atoms with Crippen LogP contribution in [0.4, 0.5) is 0 Å². The molecule has 0 saturated heterocycles. The van der Waals surface area contributed by atoms with Gasteiger partial charge in [-0.25, -0.2) is 0 Å². The molecular formula is C13H20N2O2. The second-order valence-corrected chi connectivity index (χ2v) is 4.31. The van der Waals surface area contributed by atoms with Crippen LogP contribution in [0.5, 0.6) is 0 Å². The van der Waals surface area contributed by atoms with Gasteiger partial charge in [-0.15, -0.1) is 0 Å². The minimum absolute atomic E-state index is 0.0833. The van der Waals surface area contributed by atoms with Gasteiger partial charge in [0.25, 0.3) is 0 Å². The van der Waals surface area contributed by atoms with Crippen molar-refractivity contribution >= 4 is 5.91 Å². The van der Waals surface area contributed by atoms with Crippen LogP contribution < -0.4 is 0 Å². The first kappa shape index (κ1) is 13.6. The first-order valence-electron chi connectivity index (χ1n) is 5.90. The van der Waals surface area contributed by atoms with E-state index in [2.05, 4.69) is 4.98 Å². The van der Waals surface area contributed by atoms with E-state index in [1.165, 1.54) is 5.56 Å². The molecule has 1 amide bonds. The first-order chi connectivity index (χ1) is 8.09. The van der Waals surface area contributed by atoms with Crippen molar-refractivity contribution in [2.75, 3.05) is 13.6 Å². The molecule has 0 spiro atoms. The van der Waals surface area contributed by atoms with E-state index in [-0.39, 0.29) is 5.91 Å². The highest BCUT2D eigenvalue weighted by atomic mass is 16.3. The highest BCUT2D eigenvalue weighted by Gasteiger charge is 2.09. The quantitative estimate of drug-likeness (QED) is 0.808. The van der Waals surface area contributed by atoms with E-state index in [0.717, 1.165) is 6.42 Å². The van der Waals surface area contributed by atoms with Crippen molar-refractivity contribution in [3.05, 3.63) is 30.1 Å². The third-order valence-electron chi connectivity index (χ3n) is 2.69. The molecule has 0 aliphatic rings. The number of carbonyl (C=O) groups excluding carboxylic acids is 1. The van der Waals surface area contributed by atoms with Crippen LogP contribution in [0.3, 0.4) is 0 Å². The summed E-state index contributed by atoms with van der Waals surface area (Å²) in [5.41, 5.74) is 1.18. The first-order valence-corrected chi connectivity index (χ1v) is 5.90. The number of aliphatic hydroxyl groups is 1. The zero-order chi connectivity index (χ0) is 12.7. The van der Waals surface area contributed by atoms with Gasteiger partial charge in [0.1, 0.15) is 0 Å². The SMILES string of the molecule is CC(O)CCC(=O)N(C)CCc1ccncc1. The monoisotopic (exact) mass is 236 g/mol. The van der Waals surface area contributed by atoms with Crippen LogP contribution in [0.15, 0.2) is 24.5 Å². The second kappa shape index (κ2) is 7.01. The van der Waals surface area contributed by atoms with Crippen LogP contribution >= 0.6 is 0 Å². The van der Waals surface area contributed by atoms with Crippen LogP contribution in [0.25, 0.3) is 0 Å². The van der Waals surface area contributed by atoms with Gasteiger partial charge < -0.3 is 10.0 Å². The molecule has 0 fully saturated rings. The Balaban J connectivity index is 2.29. The Morgan fingerprint density at radius 1 is 1.47 bits per heavy atom. The molecule has 0 saturated carbocycles. The molecule has 4 nitrogen and oxygen atoms in total. The van der Waals surface area contributed by atoms with Gasteiger partial charge in [0.2, 0.25) is 5.91 Å².